The Bertz CT molecular complexity index is 959. The van der Waals surface area contributed by atoms with E-state index in [9.17, 15) is 23.7 Å². The standard InChI is InChI=1S/C21H29N2O10PS/c1-21(2)13-31-34(30,32-14-6-4-3-5-7-14)33-18(21)19(27)23-9-8-16(24)22-10-11-35-15(20(28)29)12-17(25)26/h3-7,15,18H,8-13H2,1-2H3,(H,22,24)(H,23,27)(H,25,26)(H,28,29)/t15?,18-,34?/m0/s1. The van der Waals surface area contributed by atoms with Crippen LogP contribution in [0.3, 0.4) is 0 Å². The first-order chi connectivity index (χ1) is 16.4. The fourth-order valence-electron chi connectivity index (χ4n) is 2.93. The van der Waals surface area contributed by atoms with E-state index >= 15 is 0 Å². The molecule has 3 atom stereocenters. The third-order valence-electron chi connectivity index (χ3n) is 4.77. The molecule has 4 N–H and O–H groups in total. The number of thioether (sulfide) groups is 1. The molecule has 1 fully saturated rings. The quantitative estimate of drug-likeness (QED) is 0.215. The van der Waals surface area contributed by atoms with Gasteiger partial charge < -0.3 is 25.4 Å². The lowest BCUT2D eigenvalue weighted by atomic mass is 9.87. The molecule has 1 aliphatic heterocycles. The van der Waals surface area contributed by atoms with Crippen LogP contribution in [0.2, 0.25) is 0 Å². The summed E-state index contributed by atoms with van der Waals surface area (Å²) in [6.45, 7) is 3.49. The predicted molar refractivity (Wildman–Crippen MR) is 126 cm³/mol. The Morgan fingerprint density at radius 2 is 1.86 bits per heavy atom. The van der Waals surface area contributed by atoms with Crippen molar-refractivity contribution in [3.63, 3.8) is 0 Å². The van der Waals surface area contributed by atoms with Gasteiger partial charge in [0.1, 0.15) is 11.0 Å². The minimum atomic E-state index is -4.04. The van der Waals surface area contributed by atoms with Gasteiger partial charge in [-0.05, 0) is 12.1 Å². The average molecular weight is 533 g/mol. The number of para-hydroxylation sites is 1. The van der Waals surface area contributed by atoms with Crippen molar-refractivity contribution in [1.82, 2.24) is 10.6 Å². The largest absolute Gasteiger partial charge is 0.530 e. The lowest BCUT2D eigenvalue weighted by Crippen LogP contribution is -2.50. The van der Waals surface area contributed by atoms with E-state index in [4.69, 9.17) is 23.8 Å². The van der Waals surface area contributed by atoms with Crippen LogP contribution in [0.1, 0.15) is 26.7 Å². The summed E-state index contributed by atoms with van der Waals surface area (Å²) in [5, 5.41) is 21.8. The number of carbonyl (C=O) groups excluding carboxylic acids is 2. The molecule has 0 radical (unpaired) electrons. The van der Waals surface area contributed by atoms with E-state index in [2.05, 4.69) is 10.6 Å². The highest BCUT2D eigenvalue weighted by atomic mass is 32.2. The average Bonchev–Trinajstić information content (AvgIpc) is 2.78. The lowest BCUT2D eigenvalue weighted by molar-refractivity contribution is -0.142. The maximum absolute atomic E-state index is 12.9. The Morgan fingerprint density at radius 3 is 2.49 bits per heavy atom. The molecule has 0 aliphatic carbocycles. The van der Waals surface area contributed by atoms with Gasteiger partial charge in [-0.2, -0.15) is 0 Å². The van der Waals surface area contributed by atoms with Gasteiger partial charge in [-0.15, -0.1) is 11.8 Å². The van der Waals surface area contributed by atoms with Crippen LogP contribution in [0.15, 0.2) is 30.3 Å². The van der Waals surface area contributed by atoms with Gasteiger partial charge in [-0.3, -0.25) is 28.2 Å². The summed E-state index contributed by atoms with van der Waals surface area (Å²) in [7, 11) is -4.04. The molecule has 1 saturated heterocycles. The summed E-state index contributed by atoms with van der Waals surface area (Å²) in [6, 6.07) is 8.28. The number of phosphoric acid groups is 1. The molecule has 1 aromatic carbocycles. The van der Waals surface area contributed by atoms with E-state index in [1.54, 1.807) is 44.2 Å². The van der Waals surface area contributed by atoms with Gasteiger partial charge in [-0.1, -0.05) is 32.0 Å². The zero-order valence-electron chi connectivity index (χ0n) is 19.3. The Morgan fingerprint density at radius 1 is 1.17 bits per heavy atom. The number of carboxylic acid groups (broad SMARTS) is 2. The van der Waals surface area contributed by atoms with Crippen molar-refractivity contribution in [3.8, 4) is 5.75 Å². The number of hydrogen-bond acceptors (Lipinski definition) is 9. The zero-order valence-corrected chi connectivity index (χ0v) is 21.0. The molecule has 2 amide bonds. The highest BCUT2D eigenvalue weighted by Crippen LogP contribution is 2.56. The maximum atomic E-state index is 12.9. The fourth-order valence-corrected chi connectivity index (χ4v) is 5.51. The van der Waals surface area contributed by atoms with E-state index in [0.717, 1.165) is 11.8 Å². The van der Waals surface area contributed by atoms with Crippen molar-refractivity contribution in [2.45, 2.75) is 38.0 Å². The van der Waals surface area contributed by atoms with Gasteiger partial charge in [0.15, 0.2) is 6.10 Å². The molecular formula is C21H29N2O10PS. The summed E-state index contributed by atoms with van der Waals surface area (Å²) in [6.07, 6.45) is -1.73. The number of rotatable bonds is 13. The number of amides is 2. The van der Waals surface area contributed by atoms with Crippen molar-refractivity contribution < 1.29 is 47.5 Å². The van der Waals surface area contributed by atoms with Gasteiger partial charge in [0.2, 0.25) is 5.91 Å². The van der Waals surface area contributed by atoms with Crippen LogP contribution in [0.4, 0.5) is 0 Å². The van der Waals surface area contributed by atoms with Crippen LogP contribution in [0.25, 0.3) is 0 Å². The normalized spacial score (nSPS) is 21.9. The number of phosphoric ester groups is 1. The smallest absolute Gasteiger partial charge is 0.481 e. The molecule has 35 heavy (non-hydrogen) atoms. The van der Waals surface area contributed by atoms with E-state index in [-0.39, 0.29) is 43.5 Å². The molecule has 0 bridgehead atoms. The van der Waals surface area contributed by atoms with Gasteiger partial charge >= 0.3 is 19.8 Å². The topological polar surface area (TPSA) is 178 Å². The highest BCUT2D eigenvalue weighted by molar-refractivity contribution is 8.00. The van der Waals surface area contributed by atoms with Crippen molar-refractivity contribution in [2.24, 2.45) is 5.41 Å². The van der Waals surface area contributed by atoms with Crippen LogP contribution in [0.5, 0.6) is 5.75 Å². The SMILES string of the molecule is CC1(C)COP(=O)(Oc2ccccc2)O[C@H]1C(=O)NCCC(=O)NCCSC(CC(=O)O)C(=O)O. The van der Waals surface area contributed by atoms with Crippen LogP contribution in [-0.2, 0) is 32.8 Å². The molecule has 0 aromatic heterocycles. The second-order valence-corrected chi connectivity index (χ2v) is 11.1. The molecule has 0 spiro atoms. The third-order valence-corrected chi connectivity index (χ3v) is 7.33. The molecule has 1 heterocycles. The lowest BCUT2D eigenvalue weighted by Gasteiger charge is -2.39. The molecule has 1 aromatic rings. The fraction of sp³-hybridized carbons (Fsp3) is 0.524. The van der Waals surface area contributed by atoms with E-state index in [0.29, 0.717) is 0 Å². The van der Waals surface area contributed by atoms with Gasteiger partial charge in [0.25, 0.3) is 5.91 Å². The molecule has 12 nitrogen and oxygen atoms in total. The van der Waals surface area contributed by atoms with E-state index in [1.807, 2.05) is 0 Å². The van der Waals surface area contributed by atoms with Gasteiger partial charge in [0.05, 0.1) is 13.0 Å². The molecule has 0 saturated carbocycles. The number of nitrogens with one attached hydrogen (secondary N) is 2. The van der Waals surface area contributed by atoms with Crippen molar-refractivity contribution in [1.29, 1.82) is 0 Å². The van der Waals surface area contributed by atoms with Gasteiger partial charge in [0, 0.05) is 30.7 Å². The summed E-state index contributed by atoms with van der Waals surface area (Å²) in [4.78, 5) is 46.4. The minimum Gasteiger partial charge on any atom is -0.481 e. The second-order valence-electron chi connectivity index (χ2n) is 8.29. The molecule has 1 aliphatic rings. The highest BCUT2D eigenvalue weighted by Gasteiger charge is 2.49. The Balaban J connectivity index is 1.77. The monoisotopic (exact) mass is 532 g/mol. The summed E-state index contributed by atoms with van der Waals surface area (Å²) in [5.74, 6) is -2.93. The number of benzene rings is 1. The molecule has 2 unspecified atom stereocenters. The summed E-state index contributed by atoms with van der Waals surface area (Å²) in [5.41, 5.74) is -0.811. The van der Waals surface area contributed by atoms with Crippen LogP contribution in [0, 0.1) is 5.41 Å². The van der Waals surface area contributed by atoms with Crippen LogP contribution >= 0.6 is 19.6 Å². The first kappa shape index (κ1) is 28.6. The van der Waals surface area contributed by atoms with Crippen LogP contribution in [-0.4, -0.2) is 70.8 Å². The molecule has 2 rings (SSSR count). The van der Waals surface area contributed by atoms with E-state index < -0.39 is 48.9 Å². The first-order valence-corrected chi connectivity index (χ1v) is 13.2. The Kier molecular flexibility index (Phi) is 10.6. The van der Waals surface area contributed by atoms with E-state index in [1.165, 1.54) is 0 Å². The summed E-state index contributed by atoms with van der Waals surface area (Å²) < 4.78 is 29.0. The molecule has 194 valence electrons. The van der Waals surface area contributed by atoms with Crippen molar-refractivity contribution >= 4 is 43.3 Å². The van der Waals surface area contributed by atoms with Crippen molar-refractivity contribution in [3.05, 3.63) is 30.3 Å². The zero-order chi connectivity index (χ0) is 26.1. The second kappa shape index (κ2) is 12.9. The minimum absolute atomic E-state index is 0.0186. The number of hydrogen-bond donors (Lipinski definition) is 4. The summed E-state index contributed by atoms with van der Waals surface area (Å²) >= 11 is 0.916. The maximum Gasteiger partial charge on any atom is 0.530 e. The Labute approximate surface area is 206 Å². The van der Waals surface area contributed by atoms with Crippen molar-refractivity contribution in [2.75, 3.05) is 25.4 Å². The first-order valence-electron chi connectivity index (χ1n) is 10.7. The number of carbonyl (C=O) groups is 4. The molecule has 14 heteroatoms. The molecular weight excluding hydrogens is 503 g/mol. The number of aliphatic carboxylic acids is 2. The Hall–Kier alpha value is -2.60. The number of carboxylic acids is 2. The third kappa shape index (κ3) is 9.52. The predicted octanol–water partition coefficient (Wildman–Crippen LogP) is 1.90. The van der Waals surface area contributed by atoms with Crippen LogP contribution < -0.4 is 15.2 Å². The van der Waals surface area contributed by atoms with Gasteiger partial charge in [-0.25, -0.2) is 4.57 Å².